The molecule has 0 bridgehead atoms. The van der Waals surface area contributed by atoms with Gasteiger partial charge in [-0.05, 0) is 42.8 Å². The molecule has 2 aromatic carbocycles. The van der Waals surface area contributed by atoms with Gasteiger partial charge in [-0.15, -0.1) is 0 Å². The summed E-state index contributed by atoms with van der Waals surface area (Å²) in [7, 11) is -3.89. The van der Waals surface area contributed by atoms with Crippen LogP contribution in [-0.4, -0.2) is 25.1 Å². The molecule has 0 aliphatic heterocycles. The van der Waals surface area contributed by atoms with Crippen molar-refractivity contribution >= 4 is 21.6 Å². The van der Waals surface area contributed by atoms with Crippen molar-refractivity contribution in [3.63, 3.8) is 0 Å². The Kier molecular flexibility index (Phi) is 6.10. The molecular formula is C20H19N3O5S. The summed E-state index contributed by atoms with van der Waals surface area (Å²) in [5.74, 6) is -0.653. The first-order valence-electron chi connectivity index (χ1n) is 8.62. The van der Waals surface area contributed by atoms with Gasteiger partial charge < -0.3 is 9.52 Å². The molecule has 29 heavy (non-hydrogen) atoms. The van der Waals surface area contributed by atoms with E-state index in [4.69, 9.17) is 4.42 Å². The minimum absolute atomic E-state index is 0.0955. The molecule has 0 saturated heterocycles. The van der Waals surface area contributed by atoms with Crippen molar-refractivity contribution < 1.29 is 22.7 Å². The van der Waals surface area contributed by atoms with E-state index in [1.807, 2.05) is 6.07 Å². The predicted octanol–water partition coefficient (Wildman–Crippen LogP) is 2.62. The summed E-state index contributed by atoms with van der Waals surface area (Å²) < 4.78 is 32.7. The van der Waals surface area contributed by atoms with E-state index in [1.54, 1.807) is 43.3 Å². The number of nitrogens with one attached hydrogen (secondary N) is 2. The third-order valence-corrected chi connectivity index (χ3v) is 5.43. The molecule has 0 aliphatic rings. The number of carbonyl (C=O) groups excluding carboxylic acids is 1. The SMILES string of the molecule is C/C(=N/NC(=O)c1cc(S(=O)(=O)NCc2ccccc2)ccc1O)c1ccco1. The molecule has 150 valence electrons. The van der Waals surface area contributed by atoms with Crippen molar-refractivity contribution in [2.75, 3.05) is 0 Å². The molecule has 8 nitrogen and oxygen atoms in total. The summed E-state index contributed by atoms with van der Waals surface area (Å²) >= 11 is 0. The number of rotatable bonds is 7. The monoisotopic (exact) mass is 413 g/mol. The van der Waals surface area contributed by atoms with Crippen LogP contribution in [0, 0.1) is 0 Å². The van der Waals surface area contributed by atoms with E-state index >= 15 is 0 Å². The van der Waals surface area contributed by atoms with Gasteiger partial charge in [-0.25, -0.2) is 18.6 Å². The molecule has 9 heteroatoms. The highest BCUT2D eigenvalue weighted by Crippen LogP contribution is 2.21. The summed E-state index contributed by atoms with van der Waals surface area (Å²) in [6.45, 7) is 1.73. The third-order valence-electron chi connectivity index (χ3n) is 4.04. The van der Waals surface area contributed by atoms with Crippen LogP contribution in [0.5, 0.6) is 5.75 Å². The number of hydrogen-bond donors (Lipinski definition) is 3. The Bertz CT molecular complexity index is 1120. The molecule has 0 radical (unpaired) electrons. The highest BCUT2D eigenvalue weighted by atomic mass is 32.2. The number of carbonyl (C=O) groups is 1. The first-order chi connectivity index (χ1) is 13.9. The number of furan rings is 1. The quantitative estimate of drug-likeness (QED) is 0.406. The van der Waals surface area contributed by atoms with Crippen LogP contribution in [0.2, 0.25) is 0 Å². The molecule has 0 saturated carbocycles. The number of sulfonamides is 1. The Morgan fingerprint density at radius 2 is 1.86 bits per heavy atom. The topological polar surface area (TPSA) is 121 Å². The molecule has 0 aliphatic carbocycles. The fourth-order valence-electron chi connectivity index (χ4n) is 2.46. The van der Waals surface area contributed by atoms with Crippen molar-refractivity contribution in [1.82, 2.24) is 10.1 Å². The van der Waals surface area contributed by atoms with Crippen molar-refractivity contribution in [2.24, 2.45) is 5.10 Å². The summed E-state index contributed by atoms with van der Waals surface area (Å²) in [6, 6.07) is 15.8. The molecule has 0 atom stereocenters. The van der Waals surface area contributed by atoms with E-state index in [0.29, 0.717) is 11.5 Å². The minimum Gasteiger partial charge on any atom is -0.507 e. The standard InChI is InChI=1S/C20H19N3O5S/c1-14(19-8-5-11-28-19)22-23-20(25)17-12-16(9-10-18(17)24)29(26,27)21-13-15-6-3-2-4-7-15/h2-12,21,24H,13H2,1H3,(H,23,25)/b22-14-. The fourth-order valence-corrected chi connectivity index (χ4v) is 3.50. The molecule has 1 heterocycles. The van der Waals surface area contributed by atoms with Crippen LogP contribution in [0.25, 0.3) is 0 Å². The van der Waals surface area contributed by atoms with Gasteiger partial charge in [-0.1, -0.05) is 30.3 Å². The number of amides is 1. The molecule has 1 amide bonds. The molecule has 0 unspecified atom stereocenters. The van der Waals surface area contributed by atoms with Gasteiger partial charge in [0.2, 0.25) is 10.0 Å². The van der Waals surface area contributed by atoms with Crippen LogP contribution in [0.1, 0.15) is 28.6 Å². The van der Waals surface area contributed by atoms with Gasteiger partial charge in [0.15, 0.2) is 0 Å². The average molecular weight is 413 g/mol. The Hall–Kier alpha value is -3.43. The van der Waals surface area contributed by atoms with E-state index in [2.05, 4.69) is 15.2 Å². The van der Waals surface area contributed by atoms with Crippen molar-refractivity contribution in [3.8, 4) is 5.75 Å². The molecule has 0 fully saturated rings. The second-order valence-corrected chi connectivity index (χ2v) is 7.87. The van der Waals surface area contributed by atoms with Gasteiger partial charge in [0.1, 0.15) is 17.2 Å². The lowest BCUT2D eigenvalue weighted by molar-refractivity contribution is 0.0952. The van der Waals surface area contributed by atoms with E-state index in [-0.39, 0.29) is 22.8 Å². The molecule has 3 N–H and O–H groups in total. The number of nitrogens with zero attached hydrogens (tertiary/aromatic N) is 1. The Morgan fingerprint density at radius 1 is 1.10 bits per heavy atom. The van der Waals surface area contributed by atoms with Gasteiger partial charge in [0, 0.05) is 6.54 Å². The number of hydrogen-bond acceptors (Lipinski definition) is 6. The zero-order valence-corrected chi connectivity index (χ0v) is 16.3. The lowest BCUT2D eigenvalue weighted by Gasteiger charge is -2.09. The van der Waals surface area contributed by atoms with Crippen LogP contribution in [0.3, 0.4) is 0 Å². The summed E-state index contributed by atoms with van der Waals surface area (Å²) in [4.78, 5) is 12.2. The number of aromatic hydroxyl groups is 1. The van der Waals surface area contributed by atoms with Gasteiger partial charge in [0.05, 0.1) is 16.7 Å². The average Bonchev–Trinajstić information content (AvgIpc) is 3.26. The molecule has 1 aromatic heterocycles. The Morgan fingerprint density at radius 3 is 2.55 bits per heavy atom. The minimum atomic E-state index is -3.89. The first-order valence-corrected chi connectivity index (χ1v) is 10.1. The Labute approximate surface area is 167 Å². The second-order valence-electron chi connectivity index (χ2n) is 6.10. The molecule has 0 spiro atoms. The third kappa shape index (κ3) is 5.09. The van der Waals surface area contributed by atoms with Crippen molar-refractivity contribution in [1.29, 1.82) is 0 Å². The first kappa shape index (κ1) is 20.3. The van der Waals surface area contributed by atoms with Crippen LogP contribution < -0.4 is 10.1 Å². The number of benzene rings is 2. The van der Waals surface area contributed by atoms with Gasteiger partial charge in [0.25, 0.3) is 5.91 Å². The molecule has 3 rings (SSSR count). The molecule has 3 aromatic rings. The van der Waals surface area contributed by atoms with Crippen molar-refractivity contribution in [3.05, 3.63) is 83.8 Å². The van der Waals surface area contributed by atoms with Crippen molar-refractivity contribution in [2.45, 2.75) is 18.4 Å². The summed E-state index contributed by atoms with van der Waals surface area (Å²) in [5.41, 5.74) is 3.26. The van der Waals surface area contributed by atoms with E-state index in [0.717, 1.165) is 17.7 Å². The zero-order chi connectivity index (χ0) is 20.9. The van der Waals surface area contributed by atoms with Gasteiger partial charge in [-0.2, -0.15) is 5.10 Å². The summed E-state index contributed by atoms with van der Waals surface area (Å²) in [6.07, 6.45) is 1.47. The summed E-state index contributed by atoms with van der Waals surface area (Å²) in [5, 5.41) is 13.9. The lowest BCUT2D eigenvalue weighted by Crippen LogP contribution is -2.24. The normalized spacial score (nSPS) is 12.0. The van der Waals surface area contributed by atoms with Crippen LogP contribution in [0.4, 0.5) is 0 Å². The zero-order valence-electron chi connectivity index (χ0n) is 15.5. The van der Waals surface area contributed by atoms with E-state index < -0.39 is 15.9 Å². The van der Waals surface area contributed by atoms with Gasteiger partial charge >= 0.3 is 0 Å². The maximum Gasteiger partial charge on any atom is 0.275 e. The second kappa shape index (κ2) is 8.72. The number of phenolic OH excluding ortho intramolecular Hbond substituents is 1. The lowest BCUT2D eigenvalue weighted by atomic mass is 10.2. The highest BCUT2D eigenvalue weighted by molar-refractivity contribution is 7.89. The van der Waals surface area contributed by atoms with Crippen LogP contribution in [0.15, 0.2) is 81.3 Å². The maximum absolute atomic E-state index is 12.5. The van der Waals surface area contributed by atoms with Crippen LogP contribution in [-0.2, 0) is 16.6 Å². The number of hydrazone groups is 1. The molecular weight excluding hydrogens is 394 g/mol. The van der Waals surface area contributed by atoms with E-state index in [1.165, 1.54) is 12.3 Å². The fraction of sp³-hybridized carbons (Fsp3) is 0.100. The largest absolute Gasteiger partial charge is 0.507 e. The van der Waals surface area contributed by atoms with Crippen LogP contribution >= 0.6 is 0 Å². The Balaban J connectivity index is 1.76. The maximum atomic E-state index is 12.5. The smallest absolute Gasteiger partial charge is 0.275 e. The highest BCUT2D eigenvalue weighted by Gasteiger charge is 2.19. The number of phenols is 1. The predicted molar refractivity (Wildman–Crippen MR) is 107 cm³/mol. The van der Waals surface area contributed by atoms with Gasteiger partial charge in [-0.3, -0.25) is 4.79 Å². The van der Waals surface area contributed by atoms with E-state index in [9.17, 15) is 18.3 Å².